The van der Waals surface area contributed by atoms with Crippen molar-refractivity contribution in [3.05, 3.63) is 139 Å². The van der Waals surface area contributed by atoms with E-state index >= 15 is 0 Å². The topological polar surface area (TPSA) is 20.3 Å². The molecule has 0 spiro atoms. The average Bonchev–Trinajstić information content (AvgIpc) is 2.94. The van der Waals surface area contributed by atoms with Crippen molar-refractivity contribution in [1.82, 2.24) is 4.31 Å². The minimum absolute atomic E-state index is 0.185. The molecule has 192 valence electrons. The van der Waals surface area contributed by atoms with E-state index in [2.05, 4.69) is 132 Å². The molecule has 5 rings (SSSR count). The molecular weight excluding hydrogens is 501 g/mol. The van der Waals surface area contributed by atoms with Crippen molar-refractivity contribution in [2.75, 3.05) is 7.05 Å². The lowest BCUT2D eigenvalue weighted by molar-refractivity contribution is 0.443. The van der Waals surface area contributed by atoms with Gasteiger partial charge in [0.05, 0.1) is 10.8 Å². The van der Waals surface area contributed by atoms with Gasteiger partial charge in [-0.15, -0.1) is 0 Å². The molecule has 0 aromatic heterocycles. The zero-order chi connectivity index (χ0) is 26.7. The molecule has 0 radical (unpaired) electrons. The van der Waals surface area contributed by atoms with E-state index in [1.165, 1.54) is 37.8 Å². The van der Waals surface area contributed by atoms with Gasteiger partial charge in [-0.3, -0.25) is 0 Å². The average molecular weight is 536 g/mol. The van der Waals surface area contributed by atoms with Crippen LogP contribution in [0.2, 0.25) is 0 Å². The second-order valence-electron chi connectivity index (χ2n) is 10.4. The standard InChI is InChI=1S/C34H34NOPS/c1-34(2,3)38(36)35(4)33(30-24-15-17-26-16-11-12-22-29(26)30)31-23-13-14-25-32(31)37(27-18-7-5-8-19-27)28-20-9-6-10-21-28/h5-25,33H,1-4H3/t33?,38-/m1/s1. The number of benzene rings is 5. The first-order valence-corrected chi connectivity index (χ1v) is 15.4. The lowest BCUT2D eigenvalue weighted by Gasteiger charge is -2.35. The van der Waals surface area contributed by atoms with Gasteiger partial charge in [0.1, 0.15) is 11.0 Å². The van der Waals surface area contributed by atoms with Crippen LogP contribution in [0.5, 0.6) is 0 Å². The summed E-state index contributed by atoms with van der Waals surface area (Å²) in [5, 5.41) is 6.28. The van der Waals surface area contributed by atoms with Crippen molar-refractivity contribution in [1.29, 1.82) is 0 Å². The third-order valence-electron chi connectivity index (χ3n) is 6.77. The van der Waals surface area contributed by atoms with Gasteiger partial charge in [0.2, 0.25) is 0 Å². The molecule has 2 nitrogen and oxygen atoms in total. The summed E-state index contributed by atoms with van der Waals surface area (Å²) in [4.78, 5) is 0. The van der Waals surface area contributed by atoms with Crippen LogP contribution in [0.3, 0.4) is 0 Å². The minimum Gasteiger partial charge on any atom is -0.242 e. The lowest BCUT2D eigenvalue weighted by Crippen LogP contribution is -2.39. The summed E-state index contributed by atoms with van der Waals surface area (Å²) in [6.07, 6.45) is 0. The molecule has 0 aliphatic rings. The molecule has 0 aliphatic heterocycles. The molecule has 0 bridgehead atoms. The van der Waals surface area contributed by atoms with Gasteiger partial charge in [-0.05, 0) is 66.5 Å². The summed E-state index contributed by atoms with van der Waals surface area (Å²) in [5.41, 5.74) is 2.37. The Labute approximate surface area is 230 Å². The predicted octanol–water partition coefficient (Wildman–Crippen LogP) is 7.08. The van der Waals surface area contributed by atoms with E-state index in [1.807, 2.05) is 27.8 Å². The molecule has 0 N–H and O–H groups in total. The minimum atomic E-state index is -1.23. The molecule has 1 unspecified atom stereocenters. The van der Waals surface area contributed by atoms with Gasteiger partial charge in [-0.25, -0.2) is 8.51 Å². The predicted molar refractivity (Wildman–Crippen MR) is 167 cm³/mol. The van der Waals surface area contributed by atoms with Crippen LogP contribution in [0.15, 0.2) is 127 Å². The molecule has 0 aliphatic carbocycles. The van der Waals surface area contributed by atoms with E-state index in [4.69, 9.17) is 0 Å². The lowest BCUT2D eigenvalue weighted by atomic mass is 9.94. The van der Waals surface area contributed by atoms with Gasteiger partial charge in [-0.2, -0.15) is 0 Å². The number of rotatable bonds is 7. The van der Waals surface area contributed by atoms with Crippen LogP contribution in [-0.2, 0) is 11.0 Å². The first-order valence-electron chi connectivity index (χ1n) is 13.0. The Morgan fingerprint density at radius 3 is 1.76 bits per heavy atom. The summed E-state index contributed by atoms with van der Waals surface area (Å²) in [6.45, 7) is 6.14. The van der Waals surface area contributed by atoms with Gasteiger partial charge >= 0.3 is 0 Å². The summed E-state index contributed by atoms with van der Waals surface area (Å²) < 4.78 is 15.6. The van der Waals surface area contributed by atoms with Crippen LogP contribution in [0.1, 0.15) is 37.9 Å². The normalized spacial score (nSPS) is 13.6. The third kappa shape index (κ3) is 5.38. The fraction of sp³-hybridized carbons (Fsp3) is 0.176. The van der Waals surface area contributed by atoms with E-state index in [0.717, 1.165) is 0 Å². The van der Waals surface area contributed by atoms with Crippen molar-refractivity contribution in [2.45, 2.75) is 31.6 Å². The monoisotopic (exact) mass is 535 g/mol. The quantitative estimate of drug-likeness (QED) is 0.204. The first kappa shape index (κ1) is 26.5. The molecule has 2 atom stereocenters. The van der Waals surface area contributed by atoms with Gasteiger partial charge in [0, 0.05) is 7.05 Å². The van der Waals surface area contributed by atoms with Crippen molar-refractivity contribution in [3.63, 3.8) is 0 Å². The maximum atomic E-state index is 14.0. The number of hydrogen-bond donors (Lipinski definition) is 0. The van der Waals surface area contributed by atoms with Crippen LogP contribution in [0.25, 0.3) is 10.8 Å². The Balaban J connectivity index is 1.79. The Hall–Kier alpha value is -3.10. The second kappa shape index (κ2) is 11.3. The zero-order valence-corrected chi connectivity index (χ0v) is 24.1. The smallest absolute Gasteiger partial charge is 0.100 e. The Morgan fingerprint density at radius 2 is 1.13 bits per heavy atom. The molecule has 38 heavy (non-hydrogen) atoms. The van der Waals surface area contributed by atoms with Crippen LogP contribution in [0, 0.1) is 0 Å². The molecule has 5 aromatic rings. The van der Waals surface area contributed by atoms with Crippen molar-refractivity contribution in [2.24, 2.45) is 0 Å². The molecule has 4 heteroatoms. The van der Waals surface area contributed by atoms with E-state index in [9.17, 15) is 4.21 Å². The molecular formula is C34H34NOPS. The third-order valence-corrected chi connectivity index (χ3v) is 11.1. The van der Waals surface area contributed by atoms with Crippen LogP contribution < -0.4 is 15.9 Å². The highest BCUT2D eigenvalue weighted by Gasteiger charge is 2.34. The summed E-state index contributed by atoms with van der Waals surface area (Å²) in [7, 11) is -0.0448. The molecule has 0 saturated heterocycles. The van der Waals surface area contributed by atoms with Gasteiger partial charge in [0.25, 0.3) is 0 Å². The SMILES string of the molecule is CN(C(c1ccccc1P(c1ccccc1)c1ccccc1)c1cccc2ccccc12)[S@](=O)C(C)(C)C. The Bertz CT molecular complexity index is 1500. The first-order chi connectivity index (χ1) is 18.4. The highest BCUT2D eigenvalue weighted by atomic mass is 32.2. The van der Waals surface area contributed by atoms with E-state index in [1.54, 1.807) is 0 Å². The summed E-state index contributed by atoms with van der Waals surface area (Å²) >= 11 is 0. The van der Waals surface area contributed by atoms with Crippen LogP contribution in [-0.4, -0.2) is 20.3 Å². The van der Waals surface area contributed by atoms with Crippen LogP contribution >= 0.6 is 7.92 Å². The van der Waals surface area contributed by atoms with E-state index in [-0.39, 0.29) is 6.04 Å². The molecule has 0 amide bonds. The largest absolute Gasteiger partial charge is 0.242 e. The summed E-state index contributed by atoms with van der Waals surface area (Å²) in [5.74, 6) is 0. The highest BCUT2D eigenvalue weighted by Crippen LogP contribution is 2.41. The van der Waals surface area contributed by atoms with Crippen molar-refractivity contribution < 1.29 is 4.21 Å². The van der Waals surface area contributed by atoms with E-state index in [0.29, 0.717) is 0 Å². The number of hydrogen-bond acceptors (Lipinski definition) is 1. The highest BCUT2D eigenvalue weighted by molar-refractivity contribution is 7.84. The van der Waals surface area contributed by atoms with Crippen molar-refractivity contribution >= 4 is 45.6 Å². The fourth-order valence-electron chi connectivity index (χ4n) is 5.08. The molecule has 0 heterocycles. The number of nitrogens with zero attached hydrogens (tertiary/aromatic N) is 1. The maximum Gasteiger partial charge on any atom is 0.100 e. The van der Waals surface area contributed by atoms with Gasteiger partial charge in [0.15, 0.2) is 0 Å². The van der Waals surface area contributed by atoms with E-state index < -0.39 is 23.7 Å². The van der Waals surface area contributed by atoms with Crippen molar-refractivity contribution in [3.8, 4) is 0 Å². The maximum absolute atomic E-state index is 14.0. The number of fused-ring (bicyclic) bond motifs is 1. The van der Waals surface area contributed by atoms with Crippen LogP contribution in [0.4, 0.5) is 0 Å². The fourth-order valence-corrected chi connectivity index (χ4v) is 8.85. The zero-order valence-electron chi connectivity index (χ0n) is 22.4. The van der Waals surface area contributed by atoms with Gasteiger partial charge in [-0.1, -0.05) is 127 Å². The Kier molecular flexibility index (Phi) is 7.91. The molecule has 5 aromatic carbocycles. The summed E-state index contributed by atoms with van der Waals surface area (Å²) in [6, 6.07) is 45.2. The molecule has 0 saturated carbocycles. The Morgan fingerprint density at radius 1 is 0.632 bits per heavy atom. The molecule has 0 fully saturated rings. The second-order valence-corrected chi connectivity index (χ2v) is 14.9. The van der Waals surface area contributed by atoms with Gasteiger partial charge < -0.3 is 0 Å².